The van der Waals surface area contributed by atoms with Crippen molar-refractivity contribution in [3.8, 4) is 0 Å². The SMILES string of the molecule is CCOC(=O)C1=NN(c2ccc(Br)cc2)[C@@H]2C(=O)N(c3ccccc3[N+](=O)[O-])C(=O)[C@@H]12. The largest absolute Gasteiger partial charge is 0.461 e. The molecule has 2 aromatic rings. The molecule has 2 atom stereocenters. The third-order valence-electron chi connectivity index (χ3n) is 4.94. The van der Waals surface area contributed by atoms with E-state index in [0.29, 0.717) is 5.69 Å². The summed E-state index contributed by atoms with van der Waals surface area (Å²) < 4.78 is 5.82. The van der Waals surface area contributed by atoms with Gasteiger partial charge >= 0.3 is 5.97 Å². The van der Waals surface area contributed by atoms with Crippen molar-refractivity contribution in [2.45, 2.75) is 13.0 Å². The number of hydrogen-bond donors (Lipinski definition) is 0. The number of nitro groups is 1. The van der Waals surface area contributed by atoms with E-state index in [2.05, 4.69) is 21.0 Å². The van der Waals surface area contributed by atoms with Gasteiger partial charge in [-0.2, -0.15) is 5.10 Å². The Morgan fingerprint density at radius 3 is 2.48 bits per heavy atom. The van der Waals surface area contributed by atoms with Gasteiger partial charge in [-0.15, -0.1) is 0 Å². The molecule has 2 aromatic carbocycles. The van der Waals surface area contributed by atoms with Crippen molar-refractivity contribution in [2.75, 3.05) is 16.5 Å². The van der Waals surface area contributed by atoms with E-state index in [-0.39, 0.29) is 18.0 Å². The highest BCUT2D eigenvalue weighted by atomic mass is 79.9. The number of nitrogens with zero attached hydrogens (tertiary/aromatic N) is 4. The van der Waals surface area contributed by atoms with Crippen LogP contribution in [0.5, 0.6) is 0 Å². The Morgan fingerprint density at radius 2 is 1.84 bits per heavy atom. The quantitative estimate of drug-likeness (QED) is 0.275. The highest BCUT2D eigenvalue weighted by Crippen LogP contribution is 2.40. The molecule has 2 aliphatic heterocycles. The minimum Gasteiger partial charge on any atom is -0.461 e. The molecular weight excluding hydrogens is 472 g/mol. The number of para-hydroxylation sites is 2. The number of rotatable bonds is 5. The molecule has 2 aliphatic rings. The predicted molar refractivity (Wildman–Crippen MR) is 114 cm³/mol. The first-order valence-corrected chi connectivity index (χ1v) is 10.1. The lowest BCUT2D eigenvalue weighted by molar-refractivity contribution is -0.384. The number of anilines is 2. The normalized spacial score (nSPS) is 20.0. The second-order valence-electron chi connectivity index (χ2n) is 6.71. The Balaban J connectivity index is 1.82. The van der Waals surface area contributed by atoms with Crippen LogP contribution in [0.2, 0.25) is 0 Å². The van der Waals surface area contributed by atoms with Crippen LogP contribution < -0.4 is 9.91 Å². The van der Waals surface area contributed by atoms with Crippen LogP contribution in [0.25, 0.3) is 0 Å². The van der Waals surface area contributed by atoms with Gasteiger partial charge in [0.25, 0.3) is 11.6 Å². The Hall–Kier alpha value is -3.60. The Morgan fingerprint density at radius 1 is 1.16 bits per heavy atom. The molecule has 31 heavy (non-hydrogen) atoms. The first kappa shape index (κ1) is 20.7. The van der Waals surface area contributed by atoms with Crippen LogP contribution in [0.3, 0.4) is 0 Å². The molecule has 1 saturated heterocycles. The van der Waals surface area contributed by atoms with E-state index in [1.807, 2.05) is 0 Å². The fourth-order valence-corrected chi connectivity index (χ4v) is 3.90. The number of benzene rings is 2. The summed E-state index contributed by atoms with van der Waals surface area (Å²) in [7, 11) is 0. The van der Waals surface area contributed by atoms with Crippen molar-refractivity contribution in [1.82, 2.24) is 0 Å². The van der Waals surface area contributed by atoms with Gasteiger partial charge in [0.15, 0.2) is 5.71 Å². The monoisotopic (exact) mass is 486 g/mol. The van der Waals surface area contributed by atoms with E-state index < -0.39 is 40.4 Å². The summed E-state index contributed by atoms with van der Waals surface area (Å²) in [5.74, 6) is -3.54. The van der Waals surface area contributed by atoms with Crippen molar-refractivity contribution in [1.29, 1.82) is 0 Å². The average Bonchev–Trinajstić information content (AvgIpc) is 3.26. The maximum atomic E-state index is 13.4. The first-order valence-electron chi connectivity index (χ1n) is 9.26. The van der Waals surface area contributed by atoms with Crippen molar-refractivity contribution in [2.24, 2.45) is 11.0 Å². The van der Waals surface area contributed by atoms with E-state index in [1.165, 1.54) is 29.3 Å². The number of carbonyl (C=O) groups is 3. The maximum absolute atomic E-state index is 13.4. The van der Waals surface area contributed by atoms with Crippen LogP contribution in [-0.4, -0.2) is 41.1 Å². The van der Waals surface area contributed by atoms with Gasteiger partial charge in [0.1, 0.15) is 17.6 Å². The van der Waals surface area contributed by atoms with E-state index in [4.69, 9.17) is 4.74 Å². The van der Waals surface area contributed by atoms with Crippen molar-refractivity contribution in [3.05, 3.63) is 63.1 Å². The number of imide groups is 1. The van der Waals surface area contributed by atoms with Crippen LogP contribution in [0.1, 0.15) is 6.92 Å². The summed E-state index contributed by atoms with van der Waals surface area (Å²) in [4.78, 5) is 50.7. The number of halogens is 1. The first-order chi connectivity index (χ1) is 14.8. The van der Waals surface area contributed by atoms with E-state index >= 15 is 0 Å². The maximum Gasteiger partial charge on any atom is 0.355 e. The molecule has 0 aromatic heterocycles. The third kappa shape index (κ3) is 3.36. The molecule has 1 fully saturated rings. The van der Waals surface area contributed by atoms with Gasteiger partial charge in [-0.1, -0.05) is 28.1 Å². The van der Waals surface area contributed by atoms with Gasteiger partial charge in [-0.3, -0.25) is 24.7 Å². The minimum atomic E-state index is -1.24. The number of ether oxygens (including phenoxy) is 1. The molecular formula is C20H15BrN4O6. The van der Waals surface area contributed by atoms with E-state index in [9.17, 15) is 24.5 Å². The molecule has 158 valence electrons. The molecule has 10 nitrogen and oxygen atoms in total. The van der Waals surface area contributed by atoms with Gasteiger partial charge in [0, 0.05) is 10.5 Å². The summed E-state index contributed by atoms with van der Waals surface area (Å²) in [6.07, 6.45) is 0. The predicted octanol–water partition coefficient (Wildman–Crippen LogP) is 2.65. The molecule has 0 radical (unpaired) electrons. The Kier molecular flexibility index (Phi) is 5.27. The molecule has 0 aliphatic carbocycles. The van der Waals surface area contributed by atoms with Crippen LogP contribution in [-0.2, 0) is 19.1 Å². The number of hydrogen-bond acceptors (Lipinski definition) is 8. The van der Waals surface area contributed by atoms with Crippen molar-refractivity contribution < 1.29 is 24.0 Å². The molecule has 0 unspecified atom stereocenters. The smallest absolute Gasteiger partial charge is 0.355 e. The molecule has 2 heterocycles. The number of nitro benzene ring substituents is 1. The van der Waals surface area contributed by atoms with Gasteiger partial charge in [0.2, 0.25) is 5.91 Å². The minimum absolute atomic E-state index is 0.0591. The number of amides is 2. The highest BCUT2D eigenvalue weighted by Gasteiger charge is 2.59. The van der Waals surface area contributed by atoms with Gasteiger partial charge in [-0.05, 0) is 37.3 Å². The number of carbonyl (C=O) groups excluding carboxylic acids is 3. The summed E-state index contributed by atoms with van der Waals surface area (Å²) in [6, 6.07) is 11.1. The summed E-state index contributed by atoms with van der Waals surface area (Å²) in [6.45, 7) is 1.67. The van der Waals surface area contributed by atoms with Gasteiger partial charge < -0.3 is 4.74 Å². The lowest BCUT2D eigenvalue weighted by Crippen LogP contribution is -2.39. The standard InChI is InChI=1S/C20H15BrN4O6/c1-2-31-20(28)16-15-17(24(22-16)12-9-7-11(21)8-10-12)19(27)23(18(15)26)13-5-3-4-6-14(13)25(29)30/h3-10,15,17H,2H2,1H3/t15-,17-/m0/s1. The average molecular weight is 487 g/mol. The molecule has 0 spiro atoms. The Bertz CT molecular complexity index is 1130. The second-order valence-corrected chi connectivity index (χ2v) is 7.62. The lowest BCUT2D eigenvalue weighted by atomic mass is 9.98. The number of esters is 1. The van der Waals surface area contributed by atoms with Crippen LogP contribution in [0.4, 0.5) is 17.1 Å². The fourth-order valence-electron chi connectivity index (χ4n) is 3.64. The van der Waals surface area contributed by atoms with Crippen LogP contribution >= 0.6 is 15.9 Å². The third-order valence-corrected chi connectivity index (χ3v) is 5.47. The van der Waals surface area contributed by atoms with Crippen molar-refractivity contribution >= 4 is 56.5 Å². The lowest BCUT2D eigenvalue weighted by Gasteiger charge is -2.22. The summed E-state index contributed by atoms with van der Waals surface area (Å²) in [5, 5.41) is 17.0. The Labute approximate surface area is 184 Å². The summed E-state index contributed by atoms with van der Waals surface area (Å²) in [5.41, 5.74) is -0.290. The van der Waals surface area contributed by atoms with Crippen molar-refractivity contribution in [3.63, 3.8) is 0 Å². The summed E-state index contributed by atoms with van der Waals surface area (Å²) >= 11 is 3.33. The van der Waals surface area contributed by atoms with Gasteiger partial charge in [-0.25, -0.2) is 9.69 Å². The zero-order valence-corrected chi connectivity index (χ0v) is 17.7. The zero-order valence-electron chi connectivity index (χ0n) is 16.1. The topological polar surface area (TPSA) is 122 Å². The van der Waals surface area contributed by atoms with Gasteiger partial charge in [0.05, 0.1) is 17.2 Å². The number of hydrazone groups is 1. The molecule has 0 bridgehead atoms. The van der Waals surface area contributed by atoms with Crippen LogP contribution in [0, 0.1) is 16.0 Å². The van der Waals surface area contributed by atoms with Crippen LogP contribution in [0.15, 0.2) is 58.1 Å². The van der Waals surface area contributed by atoms with E-state index in [1.54, 1.807) is 31.2 Å². The fraction of sp³-hybridized carbons (Fsp3) is 0.200. The highest BCUT2D eigenvalue weighted by molar-refractivity contribution is 9.10. The molecule has 11 heteroatoms. The molecule has 4 rings (SSSR count). The zero-order chi connectivity index (χ0) is 22.3. The second kappa shape index (κ2) is 7.91. The molecule has 2 amide bonds. The molecule has 0 N–H and O–H groups in total. The number of fused-ring (bicyclic) bond motifs is 1. The molecule has 0 saturated carbocycles. The van der Waals surface area contributed by atoms with E-state index in [0.717, 1.165) is 9.37 Å².